The molecule has 0 saturated carbocycles. The minimum Gasteiger partial charge on any atom is -0.353 e. The molecule has 1 heterocycles. The van der Waals surface area contributed by atoms with Gasteiger partial charge < -0.3 is 4.74 Å². The lowest BCUT2D eigenvalue weighted by Crippen LogP contribution is -2.22. The molecule has 2 unspecified atom stereocenters. The van der Waals surface area contributed by atoms with Crippen LogP contribution in [0.15, 0.2) is 12.7 Å². The van der Waals surface area contributed by atoms with Gasteiger partial charge in [-0.05, 0) is 14.0 Å². The van der Waals surface area contributed by atoms with E-state index in [0.717, 1.165) is 6.54 Å². The van der Waals surface area contributed by atoms with Gasteiger partial charge in [-0.15, -0.1) is 6.58 Å². The van der Waals surface area contributed by atoms with Crippen LogP contribution in [-0.2, 0) is 4.74 Å². The zero-order chi connectivity index (χ0) is 6.85. The summed E-state index contributed by atoms with van der Waals surface area (Å²) in [5.74, 6) is 0. The molecule has 1 fully saturated rings. The Morgan fingerprint density at radius 3 is 2.67 bits per heavy atom. The number of hydrogen-bond donors (Lipinski definition) is 0. The van der Waals surface area contributed by atoms with E-state index in [2.05, 4.69) is 18.4 Å². The Labute approximate surface area is 56.1 Å². The van der Waals surface area contributed by atoms with E-state index in [0.29, 0.717) is 12.3 Å². The van der Waals surface area contributed by atoms with Gasteiger partial charge in [0.1, 0.15) is 6.23 Å². The van der Waals surface area contributed by atoms with Crippen molar-refractivity contribution in [3.8, 4) is 0 Å². The lowest BCUT2D eigenvalue weighted by atomic mass is 10.4. The van der Waals surface area contributed by atoms with Gasteiger partial charge in [-0.1, -0.05) is 6.08 Å². The first-order valence-electron chi connectivity index (χ1n) is 3.22. The summed E-state index contributed by atoms with van der Waals surface area (Å²) in [7, 11) is 2.04. The third-order valence-electron chi connectivity index (χ3n) is 1.53. The fourth-order valence-electron chi connectivity index (χ4n) is 0.944. The van der Waals surface area contributed by atoms with Crippen LogP contribution in [0.4, 0.5) is 0 Å². The van der Waals surface area contributed by atoms with E-state index in [1.807, 2.05) is 13.1 Å². The second-order valence-corrected chi connectivity index (χ2v) is 2.46. The van der Waals surface area contributed by atoms with Crippen LogP contribution < -0.4 is 0 Å². The second kappa shape index (κ2) is 2.50. The molecule has 0 aliphatic carbocycles. The Bertz CT molecular complexity index is 113. The molecule has 2 heteroatoms. The molecule has 1 saturated heterocycles. The van der Waals surface area contributed by atoms with Crippen LogP contribution in [0.2, 0.25) is 0 Å². The van der Waals surface area contributed by atoms with Crippen LogP contribution in [0.25, 0.3) is 0 Å². The Hall–Kier alpha value is -0.340. The van der Waals surface area contributed by atoms with Crippen LogP contribution in [0.5, 0.6) is 0 Å². The third kappa shape index (κ3) is 1.53. The van der Waals surface area contributed by atoms with Crippen molar-refractivity contribution in [2.75, 3.05) is 13.6 Å². The van der Waals surface area contributed by atoms with Gasteiger partial charge in [0.05, 0.1) is 6.10 Å². The molecule has 1 aliphatic heterocycles. The molecular weight excluding hydrogens is 114 g/mol. The van der Waals surface area contributed by atoms with Crippen molar-refractivity contribution in [3.05, 3.63) is 12.7 Å². The first-order valence-corrected chi connectivity index (χ1v) is 3.22. The van der Waals surface area contributed by atoms with E-state index >= 15 is 0 Å². The molecule has 9 heavy (non-hydrogen) atoms. The molecule has 0 spiro atoms. The molecule has 0 amide bonds. The van der Waals surface area contributed by atoms with Crippen molar-refractivity contribution in [3.63, 3.8) is 0 Å². The quantitative estimate of drug-likeness (QED) is 0.412. The Kier molecular flexibility index (Phi) is 1.88. The molecular formula is C7H13NO. The summed E-state index contributed by atoms with van der Waals surface area (Å²) in [6.07, 6.45) is 2.66. The Balaban J connectivity index is 2.18. The van der Waals surface area contributed by atoms with Gasteiger partial charge in [0, 0.05) is 6.54 Å². The van der Waals surface area contributed by atoms with Crippen LogP contribution in [-0.4, -0.2) is 30.8 Å². The number of likely N-dealkylation sites (N-methyl/N-ethyl adjacent to an activating group) is 1. The minimum atomic E-state index is 0.350. The van der Waals surface area contributed by atoms with E-state index in [-0.39, 0.29) is 0 Å². The largest absolute Gasteiger partial charge is 0.353 e. The highest BCUT2D eigenvalue weighted by Gasteiger charge is 2.37. The first-order chi connectivity index (χ1) is 4.25. The summed E-state index contributed by atoms with van der Waals surface area (Å²) in [6.45, 7) is 6.62. The zero-order valence-electron chi connectivity index (χ0n) is 6.00. The van der Waals surface area contributed by atoms with Gasteiger partial charge in [0.15, 0.2) is 0 Å². The fourth-order valence-corrected chi connectivity index (χ4v) is 0.944. The highest BCUT2D eigenvalue weighted by Crippen LogP contribution is 2.23. The van der Waals surface area contributed by atoms with Gasteiger partial charge in [-0.25, -0.2) is 0 Å². The average Bonchev–Trinajstić information content (AvgIpc) is 2.47. The molecule has 0 N–H and O–H groups in total. The summed E-state index contributed by atoms with van der Waals surface area (Å²) in [4.78, 5) is 2.14. The van der Waals surface area contributed by atoms with Crippen molar-refractivity contribution >= 4 is 0 Å². The van der Waals surface area contributed by atoms with Crippen molar-refractivity contribution in [1.29, 1.82) is 0 Å². The molecule has 0 radical (unpaired) electrons. The number of hydrogen-bond acceptors (Lipinski definition) is 2. The molecule has 0 aromatic carbocycles. The van der Waals surface area contributed by atoms with Gasteiger partial charge in [0.2, 0.25) is 0 Å². The molecule has 2 nitrogen and oxygen atoms in total. The van der Waals surface area contributed by atoms with Crippen molar-refractivity contribution < 1.29 is 4.74 Å². The standard InChI is InChI=1S/C7H13NO/c1-4-5-8(3)7-6(2)9-7/h4,6-7H,1,5H2,2-3H3. The molecule has 0 aromatic rings. The molecule has 1 rings (SSSR count). The zero-order valence-corrected chi connectivity index (χ0v) is 6.00. The van der Waals surface area contributed by atoms with E-state index in [1.54, 1.807) is 0 Å². The molecule has 0 aromatic heterocycles. The normalized spacial score (nSPS) is 32.8. The molecule has 1 aliphatic rings. The first kappa shape index (κ1) is 6.78. The SMILES string of the molecule is C=CCN(C)C1OC1C. The van der Waals surface area contributed by atoms with Gasteiger partial charge >= 0.3 is 0 Å². The van der Waals surface area contributed by atoms with E-state index in [4.69, 9.17) is 4.74 Å². The predicted molar refractivity (Wildman–Crippen MR) is 37.2 cm³/mol. The maximum absolute atomic E-state index is 5.21. The van der Waals surface area contributed by atoms with Crippen LogP contribution in [0.3, 0.4) is 0 Å². The maximum Gasteiger partial charge on any atom is 0.137 e. The number of epoxide rings is 1. The van der Waals surface area contributed by atoms with Crippen molar-refractivity contribution in [2.24, 2.45) is 0 Å². The summed E-state index contributed by atoms with van der Waals surface area (Å²) >= 11 is 0. The van der Waals surface area contributed by atoms with Crippen LogP contribution in [0, 0.1) is 0 Å². The minimum absolute atomic E-state index is 0.350. The van der Waals surface area contributed by atoms with Crippen LogP contribution >= 0.6 is 0 Å². The molecule has 0 bridgehead atoms. The Morgan fingerprint density at radius 1 is 1.78 bits per heavy atom. The summed E-state index contributed by atoms with van der Waals surface area (Å²) in [5.41, 5.74) is 0. The number of nitrogens with zero attached hydrogens (tertiary/aromatic N) is 1. The van der Waals surface area contributed by atoms with Crippen molar-refractivity contribution in [1.82, 2.24) is 4.90 Å². The summed E-state index contributed by atoms with van der Waals surface area (Å²) in [6, 6.07) is 0. The average molecular weight is 127 g/mol. The van der Waals surface area contributed by atoms with Gasteiger partial charge in [-0.3, -0.25) is 4.90 Å². The second-order valence-electron chi connectivity index (χ2n) is 2.46. The van der Waals surface area contributed by atoms with E-state index in [9.17, 15) is 0 Å². The lowest BCUT2D eigenvalue weighted by Gasteiger charge is -2.08. The Morgan fingerprint density at radius 2 is 2.33 bits per heavy atom. The summed E-state index contributed by atoms with van der Waals surface area (Å²) < 4.78 is 5.21. The predicted octanol–water partition coefficient (Wildman–Crippen LogP) is 0.849. The lowest BCUT2D eigenvalue weighted by molar-refractivity contribution is 0.227. The fraction of sp³-hybridized carbons (Fsp3) is 0.714. The smallest absolute Gasteiger partial charge is 0.137 e. The van der Waals surface area contributed by atoms with Gasteiger partial charge in [-0.2, -0.15) is 0 Å². The highest BCUT2D eigenvalue weighted by molar-refractivity contribution is 4.83. The number of ether oxygens (including phenoxy) is 1. The molecule has 52 valence electrons. The van der Waals surface area contributed by atoms with Gasteiger partial charge in [0.25, 0.3) is 0 Å². The van der Waals surface area contributed by atoms with E-state index in [1.165, 1.54) is 0 Å². The third-order valence-corrected chi connectivity index (χ3v) is 1.53. The maximum atomic E-state index is 5.21. The van der Waals surface area contributed by atoms with Crippen molar-refractivity contribution in [2.45, 2.75) is 19.3 Å². The summed E-state index contributed by atoms with van der Waals surface area (Å²) in [5, 5.41) is 0. The molecule has 2 atom stereocenters. The van der Waals surface area contributed by atoms with Crippen LogP contribution in [0.1, 0.15) is 6.92 Å². The number of rotatable bonds is 3. The highest BCUT2D eigenvalue weighted by atomic mass is 16.6. The topological polar surface area (TPSA) is 15.8 Å². The van der Waals surface area contributed by atoms with E-state index < -0.39 is 0 Å². The monoisotopic (exact) mass is 127 g/mol.